The molecule has 2 fully saturated rings. The molecule has 1 aliphatic heterocycles. The Hall–Kier alpha value is -1.19. The number of ether oxygens (including phenoxy) is 2. The van der Waals surface area contributed by atoms with E-state index in [1.165, 1.54) is 24.4 Å². The zero-order valence-electron chi connectivity index (χ0n) is 14.1. The SMILES string of the molecule is O=[N+]([O-])c1ccccc1SN(CCO)C[C@@H]1COC2(CCCCC2)O1. The quantitative estimate of drug-likeness (QED) is 0.450. The highest BCUT2D eigenvalue weighted by Crippen LogP contribution is 2.39. The summed E-state index contributed by atoms with van der Waals surface area (Å²) in [5.41, 5.74) is 0.0720. The van der Waals surface area contributed by atoms with Crippen LogP contribution in [0.5, 0.6) is 0 Å². The monoisotopic (exact) mass is 368 g/mol. The lowest BCUT2D eigenvalue weighted by atomic mass is 9.94. The van der Waals surface area contributed by atoms with E-state index in [9.17, 15) is 15.2 Å². The highest BCUT2D eigenvalue weighted by atomic mass is 32.2. The number of nitrogens with zero attached hydrogens (tertiary/aromatic N) is 2. The van der Waals surface area contributed by atoms with E-state index < -0.39 is 5.79 Å². The van der Waals surface area contributed by atoms with E-state index in [-0.39, 0.29) is 23.3 Å². The molecule has 1 aromatic carbocycles. The number of nitro groups is 1. The van der Waals surface area contributed by atoms with Crippen molar-refractivity contribution < 1.29 is 19.5 Å². The molecule has 1 N–H and O–H groups in total. The van der Waals surface area contributed by atoms with E-state index in [0.717, 1.165) is 25.7 Å². The molecular formula is C17H24N2O5S. The molecule has 0 radical (unpaired) electrons. The summed E-state index contributed by atoms with van der Waals surface area (Å²) in [4.78, 5) is 11.4. The number of benzene rings is 1. The highest BCUT2D eigenvalue weighted by molar-refractivity contribution is 7.97. The van der Waals surface area contributed by atoms with Crippen LogP contribution in [-0.4, -0.2) is 52.5 Å². The van der Waals surface area contributed by atoms with Gasteiger partial charge in [-0.1, -0.05) is 18.6 Å². The molecule has 2 aliphatic rings. The van der Waals surface area contributed by atoms with Crippen LogP contribution in [0.2, 0.25) is 0 Å². The smallest absolute Gasteiger partial charge is 0.284 e. The van der Waals surface area contributed by atoms with Gasteiger partial charge in [-0.25, -0.2) is 4.31 Å². The van der Waals surface area contributed by atoms with Crippen LogP contribution in [0.25, 0.3) is 0 Å². The molecule has 8 heteroatoms. The third kappa shape index (κ3) is 4.71. The van der Waals surface area contributed by atoms with Crippen molar-refractivity contribution in [3.63, 3.8) is 0 Å². The number of para-hydroxylation sites is 1. The second-order valence-electron chi connectivity index (χ2n) is 6.45. The van der Waals surface area contributed by atoms with Gasteiger partial charge in [0.1, 0.15) is 4.90 Å². The van der Waals surface area contributed by atoms with Crippen LogP contribution in [0, 0.1) is 10.1 Å². The Morgan fingerprint density at radius 3 is 2.80 bits per heavy atom. The Morgan fingerprint density at radius 2 is 2.08 bits per heavy atom. The molecule has 0 bridgehead atoms. The maximum Gasteiger partial charge on any atom is 0.284 e. The molecular weight excluding hydrogens is 344 g/mol. The molecule has 7 nitrogen and oxygen atoms in total. The van der Waals surface area contributed by atoms with E-state index >= 15 is 0 Å². The van der Waals surface area contributed by atoms with E-state index in [0.29, 0.717) is 24.6 Å². The minimum absolute atomic E-state index is 0.0215. The summed E-state index contributed by atoms with van der Waals surface area (Å²) in [6.07, 6.45) is 5.25. The molecule has 1 saturated heterocycles. The van der Waals surface area contributed by atoms with Gasteiger partial charge >= 0.3 is 0 Å². The lowest BCUT2D eigenvalue weighted by Crippen LogP contribution is -2.36. The summed E-state index contributed by atoms with van der Waals surface area (Å²) in [5.74, 6) is -0.433. The van der Waals surface area contributed by atoms with Gasteiger partial charge in [0.2, 0.25) is 0 Å². The van der Waals surface area contributed by atoms with Crippen LogP contribution < -0.4 is 0 Å². The molecule has 1 saturated carbocycles. The Bertz CT molecular complexity index is 594. The molecule has 0 aromatic heterocycles. The van der Waals surface area contributed by atoms with Crippen LogP contribution in [0.15, 0.2) is 29.2 Å². The maximum atomic E-state index is 11.2. The summed E-state index contributed by atoms with van der Waals surface area (Å²) in [6.45, 7) is 1.47. The largest absolute Gasteiger partial charge is 0.395 e. The number of hydrogen-bond donors (Lipinski definition) is 1. The second kappa shape index (κ2) is 8.46. The van der Waals surface area contributed by atoms with Gasteiger partial charge in [0.25, 0.3) is 5.69 Å². The standard InChI is InChI=1S/C17H24N2O5S/c20-11-10-18(25-16-7-3-2-6-15(16)19(21)22)12-14-13-23-17(24-14)8-4-1-5-9-17/h2-3,6-7,14,20H,1,4-5,8-13H2/t14-/m1/s1. The Morgan fingerprint density at radius 1 is 1.32 bits per heavy atom. The van der Waals surface area contributed by atoms with Crippen LogP contribution in [0.3, 0.4) is 0 Å². The van der Waals surface area contributed by atoms with Gasteiger partial charge in [0, 0.05) is 32.0 Å². The summed E-state index contributed by atoms with van der Waals surface area (Å²) < 4.78 is 14.1. The van der Waals surface area contributed by atoms with Crippen LogP contribution >= 0.6 is 11.9 Å². The Kier molecular flexibility index (Phi) is 6.29. The van der Waals surface area contributed by atoms with Crippen molar-refractivity contribution in [3.8, 4) is 0 Å². The van der Waals surface area contributed by atoms with Crippen molar-refractivity contribution in [2.45, 2.75) is 48.9 Å². The topological polar surface area (TPSA) is 85.1 Å². The molecule has 1 aromatic rings. The van der Waals surface area contributed by atoms with Gasteiger partial charge in [-0.2, -0.15) is 0 Å². The zero-order chi connectivity index (χ0) is 17.7. The van der Waals surface area contributed by atoms with E-state index in [1.807, 2.05) is 4.31 Å². The average molecular weight is 368 g/mol. The number of rotatable bonds is 7. The molecule has 1 heterocycles. The lowest BCUT2D eigenvalue weighted by Gasteiger charge is -2.32. The molecule has 0 unspecified atom stereocenters. The van der Waals surface area contributed by atoms with E-state index in [2.05, 4.69) is 0 Å². The van der Waals surface area contributed by atoms with Gasteiger partial charge in [-0.3, -0.25) is 10.1 Å². The van der Waals surface area contributed by atoms with Crippen LogP contribution in [0.4, 0.5) is 5.69 Å². The third-order valence-electron chi connectivity index (χ3n) is 4.58. The molecule has 1 aliphatic carbocycles. The zero-order valence-corrected chi connectivity index (χ0v) is 15.0. The van der Waals surface area contributed by atoms with Crippen LogP contribution in [-0.2, 0) is 9.47 Å². The summed E-state index contributed by atoms with van der Waals surface area (Å²) in [6, 6.07) is 6.64. The second-order valence-corrected chi connectivity index (χ2v) is 7.59. The van der Waals surface area contributed by atoms with Crippen molar-refractivity contribution in [2.75, 3.05) is 26.3 Å². The lowest BCUT2D eigenvalue weighted by molar-refractivity contribution is -0.387. The van der Waals surface area contributed by atoms with Gasteiger partial charge in [0.05, 0.1) is 24.2 Å². The first-order chi connectivity index (χ1) is 12.1. The molecule has 3 rings (SSSR count). The molecule has 1 spiro atoms. The summed E-state index contributed by atoms with van der Waals surface area (Å²) >= 11 is 1.29. The number of aliphatic hydroxyl groups excluding tert-OH is 1. The number of aliphatic hydroxyl groups is 1. The third-order valence-corrected chi connectivity index (χ3v) is 5.71. The van der Waals surface area contributed by atoms with Crippen molar-refractivity contribution in [3.05, 3.63) is 34.4 Å². The van der Waals surface area contributed by atoms with E-state index in [4.69, 9.17) is 9.47 Å². The van der Waals surface area contributed by atoms with Crippen molar-refractivity contribution >= 4 is 17.6 Å². The fourth-order valence-corrected chi connectivity index (χ4v) is 4.46. The average Bonchev–Trinajstić information content (AvgIpc) is 2.98. The highest BCUT2D eigenvalue weighted by Gasteiger charge is 2.42. The first kappa shape index (κ1) is 18.6. The Labute approximate surface area is 151 Å². The summed E-state index contributed by atoms with van der Waals surface area (Å²) in [5, 5.41) is 20.5. The van der Waals surface area contributed by atoms with E-state index in [1.54, 1.807) is 18.2 Å². The molecule has 1 atom stereocenters. The first-order valence-electron chi connectivity index (χ1n) is 8.71. The molecule has 138 valence electrons. The number of nitro benzene ring substituents is 1. The van der Waals surface area contributed by atoms with Gasteiger partial charge < -0.3 is 14.6 Å². The maximum absolute atomic E-state index is 11.2. The Balaban J connectivity index is 1.63. The van der Waals surface area contributed by atoms with Gasteiger partial charge in [0.15, 0.2) is 5.79 Å². The first-order valence-corrected chi connectivity index (χ1v) is 9.48. The molecule has 0 amide bonds. The normalized spacial score (nSPS) is 22.6. The summed E-state index contributed by atoms with van der Waals surface area (Å²) in [7, 11) is 0. The fraction of sp³-hybridized carbons (Fsp3) is 0.647. The van der Waals surface area contributed by atoms with Gasteiger partial charge in [-0.15, -0.1) is 0 Å². The van der Waals surface area contributed by atoms with Crippen molar-refractivity contribution in [1.82, 2.24) is 4.31 Å². The molecule has 25 heavy (non-hydrogen) atoms. The number of hydrogen-bond acceptors (Lipinski definition) is 7. The predicted octanol–water partition coefficient (Wildman–Crippen LogP) is 2.97. The minimum atomic E-state index is -0.433. The van der Waals surface area contributed by atoms with Crippen molar-refractivity contribution in [2.24, 2.45) is 0 Å². The van der Waals surface area contributed by atoms with Crippen LogP contribution in [0.1, 0.15) is 32.1 Å². The van der Waals surface area contributed by atoms with Gasteiger partial charge in [-0.05, 0) is 30.9 Å². The minimum Gasteiger partial charge on any atom is -0.395 e. The predicted molar refractivity (Wildman–Crippen MR) is 94.3 cm³/mol. The fourth-order valence-electron chi connectivity index (χ4n) is 3.40. The van der Waals surface area contributed by atoms with Crippen molar-refractivity contribution in [1.29, 1.82) is 0 Å².